The Kier molecular flexibility index (Phi) is 5.25. The van der Waals surface area contributed by atoms with E-state index in [9.17, 15) is 14.7 Å². The van der Waals surface area contributed by atoms with E-state index in [2.05, 4.69) is 12.2 Å². The van der Waals surface area contributed by atoms with Crippen molar-refractivity contribution in [1.82, 2.24) is 5.32 Å². The zero-order chi connectivity index (χ0) is 15.5. The molecule has 4 N–H and O–H groups in total. The fraction of sp³-hybridized carbons (Fsp3) is 0.875. The molecule has 0 aromatic carbocycles. The molecule has 2 saturated carbocycles. The maximum atomic E-state index is 12.5. The van der Waals surface area contributed by atoms with E-state index in [1.807, 2.05) is 0 Å². The van der Waals surface area contributed by atoms with Crippen LogP contribution in [-0.4, -0.2) is 28.6 Å². The molecule has 0 aromatic heterocycles. The maximum Gasteiger partial charge on any atom is 0.326 e. The lowest BCUT2D eigenvalue weighted by molar-refractivity contribution is -0.145. The Morgan fingerprint density at radius 3 is 2.43 bits per heavy atom. The molecule has 0 aromatic rings. The third-order valence-electron chi connectivity index (χ3n) is 5.16. The lowest BCUT2D eigenvalue weighted by Gasteiger charge is -2.37. The van der Waals surface area contributed by atoms with E-state index in [0.29, 0.717) is 18.8 Å². The molecular weight excluding hydrogens is 268 g/mol. The second kappa shape index (κ2) is 6.77. The normalized spacial score (nSPS) is 32.4. The van der Waals surface area contributed by atoms with Crippen LogP contribution in [0.15, 0.2) is 0 Å². The van der Waals surface area contributed by atoms with E-state index in [0.717, 1.165) is 44.9 Å². The summed E-state index contributed by atoms with van der Waals surface area (Å²) in [6, 6.07) is -0.782. The standard InChI is InChI=1S/C16H28N2O3/c1-11-6-5-9-16(17,10-11)15(21)18-13(14(19)20)12-7-3-2-4-8-12/h11-13H,2-10,17H2,1H3,(H,18,21)(H,19,20). The van der Waals surface area contributed by atoms with E-state index in [1.54, 1.807) is 0 Å². The van der Waals surface area contributed by atoms with Gasteiger partial charge in [-0.1, -0.05) is 39.0 Å². The molecule has 0 saturated heterocycles. The maximum absolute atomic E-state index is 12.5. The van der Waals surface area contributed by atoms with Crippen LogP contribution < -0.4 is 11.1 Å². The van der Waals surface area contributed by atoms with Crippen molar-refractivity contribution in [2.45, 2.75) is 76.3 Å². The molecule has 3 unspecified atom stereocenters. The fourth-order valence-corrected chi connectivity index (χ4v) is 3.93. The summed E-state index contributed by atoms with van der Waals surface area (Å²) in [5, 5.41) is 12.2. The number of hydrogen-bond donors (Lipinski definition) is 3. The van der Waals surface area contributed by atoms with Crippen LogP contribution >= 0.6 is 0 Å². The monoisotopic (exact) mass is 296 g/mol. The summed E-state index contributed by atoms with van der Waals surface area (Å²) in [6.07, 6.45) is 8.36. The second-order valence-electron chi connectivity index (χ2n) is 7.05. The highest BCUT2D eigenvalue weighted by atomic mass is 16.4. The average Bonchev–Trinajstić information content (AvgIpc) is 2.44. The summed E-state index contributed by atoms with van der Waals surface area (Å²) in [7, 11) is 0. The van der Waals surface area contributed by atoms with E-state index in [4.69, 9.17) is 5.73 Å². The number of nitrogens with one attached hydrogen (secondary N) is 1. The summed E-state index contributed by atoms with van der Waals surface area (Å²) in [5.41, 5.74) is 5.38. The first-order valence-electron chi connectivity index (χ1n) is 8.25. The molecule has 0 heterocycles. The highest BCUT2D eigenvalue weighted by Crippen LogP contribution is 2.32. The van der Waals surface area contributed by atoms with Gasteiger partial charge in [0.25, 0.3) is 0 Å². The van der Waals surface area contributed by atoms with Gasteiger partial charge >= 0.3 is 5.97 Å². The fourth-order valence-electron chi connectivity index (χ4n) is 3.93. The molecule has 0 radical (unpaired) electrons. The van der Waals surface area contributed by atoms with Gasteiger partial charge in [-0.2, -0.15) is 0 Å². The van der Waals surface area contributed by atoms with Crippen molar-refractivity contribution in [2.75, 3.05) is 0 Å². The Bertz CT molecular complexity index is 393. The second-order valence-corrected chi connectivity index (χ2v) is 7.05. The van der Waals surface area contributed by atoms with Gasteiger partial charge in [0.1, 0.15) is 6.04 Å². The number of carbonyl (C=O) groups is 2. The molecule has 5 heteroatoms. The molecule has 0 bridgehead atoms. The Morgan fingerprint density at radius 2 is 1.86 bits per heavy atom. The van der Waals surface area contributed by atoms with Gasteiger partial charge in [-0.15, -0.1) is 0 Å². The highest BCUT2D eigenvalue weighted by molar-refractivity contribution is 5.90. The lowest BCUT2D eigenvalue weighted by Crippen LogP contribution is -2.60. The molecule has 5 nitrogen and oxygen atoms in total. The number of carbonyl (C=O) groups excluding carboxylic acids is 1. The Labute approximate surface area is 126 Å². The summed E-state index contributed by atoms with van der Waals surface area (Å²) < 4.78 is 0. The van der Waals surface area contributed by atoms with Crippen molar-refractivity contribution in [2.24, 2.45) is 17.6 Å². The molecule has 21 heavy (non-hydrogen) atoms. The molecule has 2 aliphatic rings. The first kappa shape index (κ1) is 16.3. The van der Waals surface area contributed by atoms with Crippen molar-refractivity contribution in [3.63, 3.8) is 0 Å². The van der Waals surface area contributed by atoms with Gasteiger partial charge < -0.3 is 16.2 Å². The van der Waals surface area contributed by atoms with Gasteiger partial charge in [0, 0.05) is 0 Å². The first-order valence-corrected chi connectivity index (χ1v) is 8.25. The van der Waals surface area contributed by atoms with Gasteiger partial charge in [0.2, 0.25) is 5.91 Å². The number of carboxylic acids is 1. The number of amides is 1. The van der Waals surface area contributed by atoms with Crippen LogP contribution in [-0.2, 0) is 9.59 Å². The van der Waals surface area contributed by atoms with Crippen molar-refractivity contribution < 1.29 is 14.7 Å². The minimum absolute atomic E-state index is 0.0461. The van der Waals surface area contributed by atoms with Crippen LogP contribution in [0.4, 0.5) is 0 Å². The topological polar surface area (TPSA) is 92.4 Å². The van der Waals surface area contributed by atoms with Crippen LogP contribution in [0.3, 0.4) is 0 Å². The molecule has 3 atom stereocenters. The Morgan fingerprint density at radius 1 is 1.19 bits per heavy atom. The summed E-state index contributed by atoms with van der Waals surface area (Å²) in [6.45, 7) is 2.10. The van der Waals surface area contributed by atoms with E-state index in [-0.39, 0.29) is 11.8 Å². The van der Waals surface area contributed by atoms with Gasteiger partial charge in [-0.05, 0) is 37.5 Å². The van der Waals surface area contributed by atoms with Crippen molar-refractivity contribution in [3.05, 3.63) is 0 Å². The number of aliphatic carboxylic acids is 1. The van der Waals surface area contributed by atoms with Crippen LogP contribution in [0.1, 0.15) is 64.7 Å². The third kappa shape index (κ3) is 3.96. The predicted molar refractivity (Wildman–Crippen MR) is 80.7 cm³/mol. The average molecular weight is 296 g/mol. The molecular formula is C16H28N2O3. The molecule has 2 fully saturated rings. The third-order valence-corrected chi connectivity index (χ3v) is 5.16. The smallest absolute Gasteiger partial charge is 0.326 e. The summed E-state index contributed by atoms with van der Waals surface area (Å²) in [5.74, 6) is -0.730. The molecule has 2 rings (SSSR count). The molecule has 0 spiro atoms. The lowest BCUT2D eigenvalue weighted by atomic mass is 9.76. The summed E-state index contributed by atoms with van der Waals surface area (Å²) >= 11 is 0. The Hall–Kier alpha value is -1.10. The van der Waals surface area contributed by atoms with Gasteiger partial charge in [0.05, 0.1) is 5.54 Å². The highest BCUT2D eigenvalue weighted by Gasteiger charge is 2.41. The van der Waals surface area contributed by atoms with Crippen LogP contribution in [0, 0.1) is 11.8 Å². The SMILES string of the molecule is CC1CCCC(N)(C(=O)NC(C(=O)O)C2CCCCC2)C1. The minimum Gasteiger partial charge on any atom is -0.480 e. The van der Waals surface area contributed by atoms with Gasteiger partial charge in [-0.25, -0.2) is 4.79 Å². The zero-order valence-electron chi connectivity index (χ0n) is 12.9. The first-order chi connectivity index (χ1) is 9.92. The molecule has 120 valence electrons. The van der Waals surface area contributed by atoms with Gasteiger partial charge in [0.15, 0.2) is 0 Å². The largest absolute Gasteiger partial charge is 0.480 e. The van der Waals surface area contributed by atoms with Crippen molar-refractivity contribution in [3.8, 4) is 0 Å². The van der Waals surface area contributed by atoms with Gasteiger partial charge in [-0.3, -0.25) is 4.79 Å². The molecule has 0 aliphatic heterocycles. The Balaban J connectivity index is 2.02. The molecule has 1 amide bonds. The molecule has 2 aliphatic carbocycles. The van der Waals surface area contributed by atoms with Crippen molar-refractivity contribution >= 4 is 11.9 Å². The number of hydrogen-bond acceptors (Lipinski definition) is 3. The predicted octanol–water partition coefficient (Wildman–Crippen LogP) is 2.04. The number of rotatable bonds is 4. The quantitative estimate of drug-likeness (QED) is 0.740. The minimum atomic E-state index is -0.928. The van der Waals surface area contributed by atoms with Crippen LogP contribution in [0.5, 0.6) is 0 Å². The van der Waals surface area contributed by atoms with E-state index >= 15 is 0 Å². The van der Waals surface area contributed by atoms with Crippen molar-refractivity contribution in [1.29, 1.82) is 0 Å². The summed E-state index contributed by atoms with van der Waals surface area (Å²) in [4.78, 5) is 24.1. The van der Waals surface area contributed by atoms with E-state index < -0.39 is 17.6 Å². The van der Waals surface area contributed by atoms with Crippen LogP contribution in [0.2, 0.25) is 0 Å². The number of carboxylic acid groups (broad SMARTS) is 1. The zero-order valence-corrected chi connectivity index (χ0v) is 12.9. The number of nitrogens with two attached hydrogens (primary N) is 1. The van der Waals surface area contributed by atoms with E-state index in [1.165, 1.54) is 0 Å². The van der Waals surface area contributed by atoms with Crippen LogP contribution in [0.25, 0.3) is 0 Å².